The maximum absolute atomic E-state index is 11.8. The molecule has 0 spiro atoms. The van der Waals surface area contributed by atoms with Gasteiger partial charge in [0.1, 0.15) is 11.6 Å². The summed E-state index contributed by atoms with van der Waals surface area (Å²) in [7, 11) is 0. The summed E-state index contributed by atoms with van der Waals surface area (Å²) in [5.41, 5.74) is 2.55. The molecular weight excluding hydrogens is 414 g/mol. The Kier molecular flexibility index (Phi) is 6.96. The second-order valence-electron chi connectivity index (χ2n) is 7.47. The van der Waals surface area contributed by atoms with Gasteiger partial charge < -0.3 is 15.0 Å². The van der Waals surface area contributed by atoms with Gasteiger partial charge in [-0.3, -0.25) is 9.69 Å². The topological polar surface area (TPSA) is 83.1 Å². The molecule has 7 nitrogen and oxygen atoms in total. The van der Waals surface area contributed by atoms with Gasteiger partial charge in [-0.25, -0.2) is 9.97 Å². The Morgan fingerprint density at radius 1 is 1.23 bits per heavy atom. The predicted octanol–water partition coefficient (Wildman–Crippen LogP) is 3.53. The van der Waals surface area contributed by atoms with Crippen molar-refractivity contribution in [2.45, 2.75) is 19.4 Å². The highest BCUT2D eigenvalue weighted by atomic mass is 35.5. The standard InChI is InChI=1S/C23H26ClN5O2/c1-2-19-13-22(30)28-23(27-19)17-6-7-21(25-14-17)26-15-20(29-8-10-31-11-9-29)16-4-3-5-18(24)12-16/h3-7,12-14,20H,2,8-11,15H2,1H3,(H,25,26)(H,27,28,30). The first-order valence-corrected chi connectivity index (χ1v) is 10.9. The molecule has 0 amide bonds. The number of ether oxygens (including phenoxy) is 1. The number of aromatic amines is 1. The number of hydrogen-bond donors (Lipinski definition) is 2. The quantitative estimate of drug-likeness (QED) is 0.586. The van der Waals surface area contributed by atoms with Crippen molar-refractivity contribution in [1.29, 1.82) is 0 Å². The van der Waals surface area contributed by atoms with Crippen molar-refractivity contribution in [3.63, 3.8) is 0 Å². The summed E-state index contributed by atoms with van der Waals surface area (Å²) in [6.45, 7) is 5.86. The molecule has 1 atom stereocenters. The van der Waals surface area contributed by atoms with Crippen LogP contribution in [-0.2, 0) is 11.2 Å². The summed E-state index contributed by atoms with van der Waals surface area (Å²) in [5, 5.41) is 4.17. The van der Waals surface area contributed by atoms with Gasteiger partial charge in [-0.15, -0.1) is 0 Å². The molecule has 1 aliphatic heterocycles. The van der Waals surface area contributed by atoms with E-state index in [0.29, 0.717) is 18.8 Å². The Balaban J connectivity index is 1.49. The number of nitrogens with zero attached hydrogens (tertiary/aromatic N) is 3. The van der Waals surface area contributed by atoms with Crippen LogP contribution in [0.15, 0.2) is 53.5 Å². The van der Waals surface area contributed by atoms with Gasteiger partial charge in [0.25, 0.3) is 5.56 Å². The van der Waals surface area contributed by atoms with Crippen molar-refractivity contribution < 1.29 is 4.74 Å². The van der Waals surface area contributed by atoms with E-state index >= 15 is 0 Å². The van der Waals surface area contributed by atoms with Crippen molar-refractivity contribution in [3.05, 3.63) is 75.3 Å². The molecule has 3 heterocycles. The van der Waals surface area contributed by atoms with E-state index in [1.165, 1.54) is 6.07 Å². The van der Waals surface area contributed by atoms with Gasteiger partial charge in [0.05, 0.1) is 19.3 Å². The Morgan fingerprint density at radius 3 is 2.77 bits per heavy atom. The molecule has 0 bridgehead atoms. The number of pyridine rings is 1. The van der Waals surface area contributed by atoms with Crippen molar-refractivity contribution in [3.8, 4) is 11.4 Å². The summed E-state index contributed by atoms with van der Waals surface area (Å²) in [4.78, 5) is 26.0. The fraction of sp³-hybridized carbons (Fsp3) is 0.348. The zero-order valence-corrected chi connectivity index (χ0v) is 18.2. The largest absolute Gasteiger partial charge is 0.379 e. The minimum atomic E-state index is -0.154. The number of halogens is 1. The number of aromatic nitrogens is 3. The lowest BCUT2D eigenvalue weighted by molar-refractivity contribution is 0.0187. The zero-order valence-electron chi connectivity index (χ0n) is 17.5. The van der Waals surface area contributed by atoms with E-state index in [1.807, 2.05) is 37.3 Å². The van der Waals surface area contributed by atoms with Crippen LogP contribution in [-0.4, -0.2) is 52.7 Å². The number of rotatable bonds is 7. The first kappa shape index (κ1) is 21.5. The fourth-order valence-corrected chi connectivity index (χ4v) is 3.93. The molecule has 162 valence electrons. The molecule has 1 fully saturated rings. The number of anilines is 1. The molecule has 1 aromatic carbocycles. The highest BCUT2D eigenvalue weighted by molar-refractivity contribution is 6.30. The van der Waals surface area contributed by atoms with Crippen LogP contribution in [0.3, 0.4) is 0 Å². The summed E-state index contributed by atoms with van der Waals surface area (Å²) >= 11 is 6.25. The Morgan fingerprint density at radius 2 is 2.06 bits per heavy atom. The molecule has 2 aromatic heterocycles. The normalized spacial score (nSPS) is 15.5. The molecule has 1 saturated heterocycles. The average molecular weight is 440 g/mol. The number of hydrogen-bond acceptors (Lipinski definition) is 6. The highest BCUT2D eigenvalue weighted by Crippen LogP contribution is 2.25. The molecule has 1 unspecified atom stereocenters. The molecule has 8 heteroatoms. The monoisotopic (exact) mass is 439 g/mol. The Hall–Kier alpha value is -2.74. The van der Waals surface area contributed by atoms with Crippen LogP contribution in [0.4, 0.5) is 5.82 Å². The third-order valence-corrected chi connectivity index (χ3v) is 5.63. The average Bonchev–Trinajstić information content (AvgIpc) is 2.80. The van der Waals surface area contributed by atoms with Crippen LogP contribution >= 0.6 is 11.6 Å². The molecule has 1 aliphatic rings. The maximum atomic E-state index is 11.8. The van der Waals surface area contributed by atoms with Crippen molar-refractivity contribution in [2.75, 3.05) is 38.2 Å². The van der Waals surface area contributed by atoms with Crippen LogP contribution in [0, 0.1) is 0 Å². The summed E-state index contributed by atoms with van der Waals surface area (Å²) in [6.07, 6.45) is 2.43. The van der Waals surface area contributed by atoms with E-state index in [2.05, 4.69) is 31.2 Å². The van der Waals surface area contributed by atoms with Crippen LogP contribution in [0.5, 0.6) is 0 Å². The summed E-state index contributed by atoms with van der Waals surface area (Å²) < 4.78 is 5.52. The lowest BCUT2D eigenvalue weighted by atomic mass is 10.0. The predicted molar refractivity (Wildman–Crippen MR) is 123 cm³/mol. The third kappa shape index (κ3) is 5.50. The first-order chi connectivity index (χ1) is 15.1. The minimum absolute atomic E-state index is 0.154. The smallest absolute Gasteiger partial charge is 0.251 e. The third-order valence-electron chi connectivity index (χ3n) is 5.39. The van der Waals surface area contributed by atoms with Crippen LogP contribution in [0.1, 0.15) is 24.2 Å². The Bertz CT molecular complexity index is 1060. The van der Waals surface area contributed by atoms with Crippen molar-refractivity contribution in [2.24, 2.45) is 0 Å². The summed E-state index contributed by atoms with van der Waals surface area (Å²) in [5.74, 6) is 1.30. The number of H-pyrrole nitrogens is 1. The number of morpholine rings is 1. The number of aryl methyl sites for hydroxylation is 1. The molecule has 0 saturated carbocycles. The van der Waals surface area contributed by atoms with Gasteiger partial charge in [-0.2, -0.15) is 0 Å². The second-order valence-corrected chi connectivity index (χ2v) is 7.91. The van der Waals surface area contributed by atoms with Crippen LogP contribution in [0.2, 0.25) is 5.02 Å². The second kappa shape index (κ2) is 10.0. The van der Waals surface area contributed by atoms with Crippen molar-refractivity contribution in [1.82, 2.24) is 19.9 Å². The zero-order chi connectivity index (χ0) is 21.6. The van der Waals surface area contributed by atoms with Gasteiger partial charge >= 0.3 is 0 Å². The summed E-state index contributed by atoms with van der Waals surface area (Å²) in [6, 6.07) is 13.5. The molecule has 0 radical (unpaired) electrons. The van der Waals surface area contributed by atoms with Crippen LogP contribution in [0.25, 0.3) is 11.4 Å². The lowest BCUT2D eigenvalue weighted by Crippen LogP contribution is -2.41. The van der Waals surface area contributed by atoms with E-state index in [9.17, 15) is 4.79 Å². The van der Waals surface area contributed by atoms with E-state index in [4.69, 9.17) is 16.3 Å². The first-order valence-electron chi connectivity index (χ1n) is 10.5. The number of benzene rings is 1. The van der Waals surface area contributed by atoms with E-state index < -0.39 is 0 Å². The lowest BCUT2D eigenvalue weighted by Gasteiger charge is -2.35. The van der Waals surface area contributed by atoms with E-state index in [1.54, 1.807) is 6.20 Å². The van der Waals surface area contributed by atoms with Gasteiger partial charge in [0.15, 0.2) is 0 Å². The van der Waals surface area contributed by atoms with E-state index in [-0.39, 0.29) is 11.6 Å². The van der Waals surface area contributed by atoms with Crippen LogP contribution < -0.4 is 10.9 Å². The SMILES string of the molecule is CCc1cc(=O)[nH]c(-c2ccc(NCC(c3cccc(Cl)c3)N3CCOCC3)nc2)n1. The highest BCUT2D eigenvalue weighted by Gasteiger charge is 2.23. The van der Waals surface area contributed by atoms with E-state index in [0.717, 1.165) is 54.0 Å². The van der Waals surface area contributed by atoms with Gasteiger partial charge in [-0.05, 0) is 36.2 Å². The van der Waals surface area contributed by atoms with Gasteiger partial charge in [0.2, 0.25) is 0 Å². The van der Waals surface area contributed by atoms with Gasteiger partial charge in [0, 0.05) is 48.2 Å². The molecule has 0 aliphatic carbocycles. The molecule has 2 N–H and O–H groups in total. The Labute approximate surface area is 186 Å². The maximum Gasteiger partial charge on any atom is 0.251 e. The molecule has 3 aromatic rings. The van der Waals surface area contributed by atoms with Gasteiger partial charge in [-0.1, -0.05) is 30.7 Å². The fourth-order valence-electron chi connectivity index (χ4n) is 3.73. The molecule has 4 rings (SSSR count). The molecule has 31 heavy (non-hydrogen) atoms. The van der Waals surface area contributed by atoms with Crippen molar-refractivity contribution >= 4 is 17.4 Å². The minimum Gasteiger partial charge on any atom is -0.379 e. The molecular formula is C23H26ClN5O2. The number of nitrogens with one attached hydrogen (secondary N) is 2.